The van der Waals surface area contributed by atoms with E-state index in [0.29, 0.717) is 24.2 Å². The molecule has 0 saturated carbocycles. The molecule has 0 aliphatic carbocycles. The number of rotatable bonds is 15. The quantitative estimate of drug-likeness (QED) is 0.103. The Balaban J connectivity index is 1.55. The first-order chi connectivity index (χ1) is 23.6. The molecule has 2 aromatic carbocycles. The molecule has 1 saturated heterocycles. The summed E-state index contributed by atoms with van der Waals surface area (Å²) in [5, 5.41) is 45.8. The fraction of sp³-hybridized carbons (Fsp3) is 0.579. The number of nitrogens with one attached hydrogen (secondary N) is 1. The zero-order valence-electron chi connectivity index (χ0n) is 30.0. The molecule has 2 aliphatic rings. The maximum absolute atomic E-state index is 13.2. The third-order valence-electron chi connectivity index (χ3n) is 10.3. The Morgan fingerprint density at radius 1 is 1.10 bits per heavy atom. The number of carbonyl (C=O) groups is 2. The van der Waals surface area contributed by atoms with E-state index in [1.165, 1.54) is 14.2 Å². The van der Waals surface area contributed by atoms with Gasteiger partial charge in [-0.3, -0.25) is 4.79 Å². The number of hydrogen-bond acceptors (Lipinski definition) is 11. The number of hydrogen-bond donors (Lipinski definition) is 5. The fourth-order valence-electron chi connectivity index (χ4n) is 6.84. The highest BCUT2D eigenvalue weighted by Crippen LogP contribution is 2.43. The van der Waals surface area contributed by atoms with E-state index in [1.54, 1.807) is 20.8 Å². The predicted molar refractivity (Wildman–Crippen MR) is 184 cm³/mol. The van der Waals surface area contributed by atoms with E-state index in [-0.39, 0.29) is 36.3 Å². The summed E-state index contributed by atoms with van der Waals surface area (Å²) in [6, 6.07) is 10.8. The number of aliphatic hydroxyl groups is 2. The van der Waals surface area contributed by atoms with Crippen molar-refractivity contribution in [3.8, 4) is 11.5 Å². The molecule has 1 amide bonds. The molecule has 9 unspecified atom stereocenters. The number of aromatic hydroxyl groups is 2. The normalized spacial score (nSPS) is 24.6. The molecule has 5 N–H and O–H groups in total. The first kappa shape index (κ1) is 39.3. The highest BCUT2D eigenvalue weighted by molar-refractivity contribution is 5.96. The third-order valence-corrected chi connectivity index (χ3v) is 10.3. The van der Waals surface area contributed by atoms with Crippen LogP contribution in [0.4, 0.5) is 0 Å². The van der Waals surface area contributed by atoms with Crippen molar-refractivity contribution < 1.29 is 53.7 Å². The van der Waals surface area contributed by atoms with Gasteiger partial charge in [-0.15, -0.1) is 6.58 Å². The van der Waals surface area contributed by atoms with Gasteiger partial charge in [-0.2, -0.15) is 0 Å². The first-order valence-corrected chi connectivity index (χ1v) is 17.0. The van der Waals surface area contributed by atoms with Crippen LogP contribution in [-0.4, -0.2) is 95.5 Å². The van der Waals surface area contributed by atoms with Crippen molar-refractivity contribution in [1.29, 1.82) is 0 Å². The lowest BCUT2D eigenvalue weighted by Gasteiger charge is -2.50. The Bertz CT molecular complexity index is 1500. The van der Waals surface area contributed by atoms with Crippen LogP contribution in [0.2, 0.25) is 0 Å². The summed E-state index contributed by atoms with van der Waals surface area (Å²) in [5.74, 6) is -2.47. The molecule has 0 aromatic heterocycles. The summed E-state index contributed by atoms with van der Waals surface area (Å²) in [4.78, 5) is 26.2. The van der Waals surface area contributed by atoms with Crippen LogP contribution in [-0.2, 0) is 41.5 Å². The monoisotopic (exact) mass is 699 g/mol. The average molecular weight is 700 g/mol. The van der Waals surface area contributed by atoms with Gasteiger partial charge in [0.05, 0.1) is 31.0 Å². The average Bonchev–Trinajstić information content (AvgIpc) is 3.07. The smallest absolute Gasteiger partial charge is 0.342 e. The highest BCUT2D eigenvalue weighted by atomic mass is 16.6. The van der Waals surface area contributed by atoms with Crippen molar-refractivity contribution in [2.45, 2.75) is 116 Å². The molecule has 9 atom stereocenters. The number of benzene rings is 2. The van der Waals surface area contributed by atoms with Gasteiger partial charge in [-0.25, -0.2) is 4.79 Å². The minimum absolute atomic E-state index is 0.0189. The number of amides is 1. The number of phenols is 2. The third kappa shape index (κ3) is 8.85. The molecule has 2 heterocycles. The number of cyclic esters (lactones) is 1. The Hall–Kier alpha value is -3.52. The van der Waals surface area contributed by atoms with Crippen LogP contribution in [0.25, 0.3) is 0 Å². The Labute approximate surface area is 294 Å². The van der Waals surface area contributed by atoms with Crippen molar-refractivity contribution in [2.75, 3.05) is 14.2 Å². The van der Waals surface area contributed by atoms with Gasteiger partial charge in [0.25, 0.3) is 5.91 Å². The molecule has 2 aliphatic heterocycles. The second-order valence-electron chi connectivity index (χ2n) is 14.3. The van der Waals surface area contributed by atoms with Crippen LogP contribution in [0.3, 0.4) is 0 Å². The SMILES string of the molecule is C=C(C)CC(OC)C(O)C(=O)NC(OC)C1CC(OCc2ccccc2)C(C)(C)C(CC(O)C(C)C2Cc3c(C)c(O)cc(O)c3C(=O)O2)O1. The predicted octanol–water partition coefficient (Wildman–Crippen LogP) is 4.07. The van der Waals surface area contributed by atoms with E-state index in [9.17, 15) is 30.0 Å². The van der Waals surface area contributed by atoms with Crippen molar-refractivity contribution in [1.82, 2.24) is 5.32 Å². The second-order valence-corrected chi connectivity index (χ2v) is 14.3. The summed E-state index contributed by atoms with van der Waals surface area (Å²) >= 11 is 0. The van der Waals surface area contributed by atoms with Gasteiger partial charge in [0.15, 0.2) is 12.3 Å². The van der Waals surface area contributed by atoms with Crippen molar-refractivity contribution in [2.24, 2.45) is 11.3 Å². The lowest BCUT2D eigenvalue weighted by molar-refractivity contribution is -0.229. The zero-order chi connectivity index (χ0) is 36.9. The molecule has 12 nitrogen and oxygen atoms in total. The number of methoxy groups -OCH3 is 2. The molecule has 4 rings (SSSR count). The second kappa shape index (κ2) is 16.7. The van der Waals surface area contributed by atoms with Crippen molar-refractivity contribution >= 4 is 11.9 Å². The van der Waals surface area contributed by atoms with Gasteiger partial charge < -0.3 is 49.4 Å². The van der Waals surface area contributed by atoms with Crippen LogP contribution in [0, 0.1) is 18.3 Å². The van der Waals surface area contributed by atoms with Gasteiger partial charge in [-0.1, -0.05) is 56.7 Å². The van der Waals surface area contributed by atoms with Gasteiger partial charge in [0.2, 0.25) is 0 Å². The molecular formula is C38H53NO11. The van der Waals surface area contributed by atoms with Crippen LogP contribution < -0.4 is 5.32 Å². The molecule has 0 radical (unpaired) electrons. The van der Waals surface area contributed by atoms with E-state index < -0.39 is 72.2 Å². The minimum atomic E-state index is -1.49. The molecule has 12 heteroatoms. The van der Waals surface area contributed by atoms with Crippen LogP contribution >= 0.6 is 0 Å². The summed E-state index contributed by atoms with van der Waals surface area (Å²) in [7, 11) is 2.85. The highest BCUT2D eigenvalue weighted by Gasteiger charge is 2.49. The van der Waals surface area contributed by atoms with E-state index in [0.717, 1.165) is 17.2 Å². The summed E-state index contributed by atoms with van der Waals surface area (Å²) in [6.07, 6.45) is -5.84. The number of esters is 1. The maximum atomic E-state index is 13.2. The van der Waals surface area contributed by atoms with Crippen LogP contribution in [0.5, 0.6) is 11.5 Å². The summed E-state index contributed by atoms with van der Waals surface area (Å²) < 4.78 is 29.9. The Kier molecular flexibility index (Phi) is 13.1. The molecule has 1 fully saturated rings. The van der Waals surface area contributed by atoms with Gasteiger partial charge in [-0.05, 0) is 37.0 Å². The van der Waals surface area contributed by atoms with E-state index in [1.807, 2.05) is 44.2 Å². The number of aliphatic hydroxyl groups excluding tert-OH is 2. The standard InChI is InChI=1S/C38H53NO11/c1-20(2)14-29(46-7)34(43)35(44)39-36(47-8)30-18-31(48-19-23-12-10-9-11-13-23)38(5,6)32(49-30)17-26(41)22(4)28-15-24-21(3)25(40)16-27(42)33(24)37(45)50-28/h9-13,16,22,26,28-32,34,36,40-43H,1,14-15,17-19H2,2-8H3,(H,39,44). The number of phenolic OH excluding ortho intramolecular Hbond substituents is 2. The largest absolute Gasteiger partial charge is 0.508 e. The van der Waals surface area contributed by atoms with Gasteiger partial charge in [0, 0.05) is 50.9 Å². The first-order valence-electron chi connectivity index (χ1n) is 17.0. The van der Waals surface area contributed by atoms with E-state index in [4.69, 9.17) is 23.7 Å². The zero-order valence-corrected chi connectivity index (χ0v) is 30.0. The van der Waals surface area contributed by atoms with Crippen molar-refractivity contribution in [3.05, 3.63) is 70.8 Å². The molecule has 2 aromatic rings. The van der Waals surface area contributed by atoms with Gasteiger partial charge in [0.1, 0.15) is 29.3 Å². The summed E-state index contributed by atoms with van der Waals surface area (Å²) in [5.41, 5.74) is 2.05. The maximum Gasteiger partial charge on any atom is 0.342 e. The minimum Gasteiger partial charge on any atom is -0.508 e. The van der Waals surface area contributed by atoms with Crippen LogP contribution in [0.1, 0.15) is 74.0 Å². The summed E-state index contributed by atoms with van der Waals surface area (Å²) in [6.45, 7) is 13.4. The Morgan fingerprint density at radius 2 is 1.78 bits per heavy atom. The molecular weight excluding hydrogens is 646 g/mol. The van der Waals surface area contributed by atoms with Crippen molar-refractivity contribution in [3.63, 3.8) is 0 Å². The van der Waals surface area contributed by atoms with Crippen LogP contribution in [0.15, 0.2) is 48.6 Å². The number of fused-ring (bicyclic) bond motifs is 1. The number of carbonyl (C=O) groups excluding carboxylic acids is 2. The lowest BCUT2D eigenvalue weighted by atomic mass is 9.72. The van der Waals surface area contributed by atoms with E-state index in [2.05, 4.69) is 11.9 Å². The van der Waals surface area contributed by atoms with Gasteiger partial charge >= 0.3 is 5.97 Å². The Morgan fingerprint density at radius 3 is 2.40 bits per heavy atom. The number of ether oxygens (including phenoxy) is 5. The van der Waals surface area contributed by atoms with E-state index >= 15 is 0 Å². The topological polar surface area (TPSA) is 173 Å². The molecule has 276 valence electrons. The molecule has 0 bridgehead atoms. The lowest BCUT2D eigenvalue weighted by Crippen LogP contribution is -2.59. The molecule has 0 spiro atoms. The fourth-order valence-corrected chi connectivity index (χ4v) is 6.84. The molecule has 50 heavy (non-hydrogen) atoms.